The molecule has 1 aliphatic rings. The Morgan fingerprint density at radius 1 is 1.14 bits per heavy atom. The monoisotopic (exact) mass is 393 g/mol. The minimum Gasteiger partial charge on any atom is -0.356 e. The highest BCUT2D eigenvalue weighted by Gasteiger charge is 2.28. The van der Waals surface area contributed by atoms with Gasteiger partial charge in [0, 0.05) is 23.7 Å². The number of anilines is 1. The highest BCUT2D eigenvalue weighted by atomic mass is 19.1. The molecule has 0 spiro atoms. The zero-order chi connectivity index (χ0) is 20.1. The average molecular weight is 393 g/mol. The topological polar surface area (TPSA) is 67.2 Å². The predicted molar refractivity (Wildman–Crippen MR) is 110 cm³/mol. The van der Waals surface area contributed by atoms with Crippen molar-refractivity contribution in [1.82, 2.24) is 10.5 Å². The number of carbonyl (C=O) groups excluding carboxylic acids is 1. The summed E-state index contributed by atoms with van der Waals surface area (Å²) < 4.78 is 18.6. The maximum Gasteiger partial charge on any atom is 0.224 e. The maximum absolute atomic E-state index is 13.1. The summed E-state index contributed by atoms with van der Waals surface area (Å²) in [5.74, 6) is 0.975. The van der Waals surface area contributed by atoms with E-state index in [1.165, 1.54) is 12.1 Å². The number of nitrogens with zero attached hydrogens (tertiary/aromatic N) is 1. The van der Waals surface area contributed by atoms with Crippen LogP contribution >= 0.6 is 0 Å². The summed E-state index contributed by atoms with van der Waals surface area (Å²) >= 11 is 0. The van der Waals surface area contributed by atoms with E-state index < -0.39 is 0 Å². The van der Waals surface area contributed by atoms with Crippen LogP contribution in [0.15, 0.2) is 65.2 Å². The Balaban J connectivity index is 1.39. The third kappa shape index (κ3) is 5.09. The van der Waals surface area contributed by atoms with Crippen LogP contribution in [0.1, 0.15) is 18.5 Å². The SMILES string of the molecule is O=C(C[C@@H]1CCNC[C@@H]1Cc1cc(-c2ccc(F)cc2)on1)Nc1ccccc1. The van der Waals surface area contributed by atoms with Gasteiger partial charge in [0.05, 0.1) is 5.69 Å². The molecule has 2 aromatic carbocycles. The Morgan fingerprint density at radius 2 is 1.93 bits per heavy atom. The average Bonchev–Trinajstić information content (AvgIpc) is 3.19. The van der Waals surface area contributed by atoms with Crippen LogP contribution in [0.3, 0.4) is 0 Å². The Bertz CT molecular complexity index is 940. The van der Waals surface area contributed by atoms with E-state index in [0.717, 1.165) is 42.9 Å². The Hall–Kier alpha value is -2.99. The van der Waals surface area contributed by atoms with Crippen LogP contribution in [0.25, 0.3) is 11.3 Å². The van der Waals surface area contributed by atoms with Crippen molar-refractivity contribution < 1.29 is 13.7 Å². The number of amides is 1. The number of hydrogen-bond donors (Lipinski definition) is 2. The van der Waals surface area contributed by atoms with Gasteiger partial charge in [-0.3, -0.25) is 4.79 Å². The molecule has 0 unspecified atom stereocenters. The molecular weight excluding hydrogens is 369 g/mol. The van der Waals surface area contributed by atoms with Crippen molar-refractivity contribution in [2.75, 3.05) is 18.4 Å². The van der Waals surface area contributed by atoms with E-state index in [-0.39, 0.29) is 17.6 Å². The van der Waals surface area contributed by atoms with Crippen molar-refractivity contribution in [3.8, 4) is 11.3 Å². The van der Waals surface area contributed by atoms with Gasteiger partial charge in [0.15, 0.2) is 5.76 Å². The van der Waals surface area contributed by atoms with E-state index in [1.54, 1.807) is 12.1 Å². The fourth-order valence-corrected chi connectivity index (χ4v) is 3.88. The molecule has 4 rings (SSSR count). The first-order valence-corrected chi connectivity index (χ1v) is 9.94. The molecule has 0 aliphatic carbocycles. The number of carbonyl (C=O) groups is 1. The largest absolute Gasteiger partial charge is 0.356 e. The van der Waals surface area contributed by atoms with Gasteiger partial charge in [-0.25, -0.2) is 4.39 Å². The summed E-state index contributed by atoms with van der Waals surface area (Å²) in [6.45, 7) is 1.77. The second-order valence-corrected chi connectivity index (χ2v) is 7.52. The normalized spacial score (nSPS) is 19.1. The lowest BCUT2D eigenvalue weighted by molar-refractivity contribution is -0.117. The van der Waals surface area contributed by atoms with E-state index in [9.17, 15) is 9.18 Å². The van der Waals surface area contributed by atoms with Crippen LogP contribution < -0.4 is 10.6 Å². The molecule has 2 N–H and O–H groups in total. The van der Waals surface area contributed by atoms with Crippen molar-refractivity contribution in [2.24, 2.45) is 11.8 Å². The van der Waals surface area contributed by atoms with Crippen LogP contribution in [0.5, 0.6) is 0 Å². The number of aromatic nitrogens is 1. The van der Waals surface area contributed by atoms with E-state index in [4.69, 9.17) is 4.52 Å². The Morgan fingerprint density at radius 3 is 2.72 bits per heavy atom. The number of nitrogens with one attached hydrogen (secondary N) is 2. The van der Waals surface area contributed by atoms with Crippen molar-refractivity contribution in [3.63, 3.8) is 0 Å². The number of para-hydroxylation sites is 1. The number of rotatable bonds is 6. The number of halogens is 1. The molecule has 0 bridgehead atoms. The molecule has 150 valence electrons. The summed E-state index contributed by atoms with van der Waals surface area (Å²) in [6, 6.07) is 17.6. The van der Waals surface area contributed by atoms with Gasteiger partial charge in [-0.15, -0.1) is 0 Å². The molecule has 0 saturated carbocycles. The predicted octanol–water partition coefficient (Wildman–Crippen LogP) is 4.28. The van der Waals surface area contributed by atoms with Gasteiger partial charge in [-0.1, -0.05) is 23.4 Å². The minimum absolute atomic E-state index is 0.0419. The molecular formula is C23H24FN3O2. The molecule has 1 fully saturated rings. The summed E-state index contributed by atoms with van der Waals surface area (Å²) in [4.78, 5) is 12.5. The highest BCUT2D eigenvalue weighted by Crippen LogP contribution is 2.28. The lowest BCUT2D eigenvalue weighted by Gasteiger charge is -2.31. The van der Waals surface area contributed by atoms with Crippen molar-refractivity contribution >= 4 is 11.6 Å². The standard InChI is InChI=1S/C23H24FN3O2/c24-19-8-6-16(7-9-19)22-14-21(27-29-22)12-18-15-25-11-10-17(18)13-23(28)26-20-4-2-1-3-5-20/h1-9,14,17-18,25H,10-13,15H2,(H,26,28)/t17-,18-/m0/s1. The number of benzene rings is 2. The smallest absolute Gasteiger partial charge is 0.224 e. The van der Waals surface area contributed by atoms with E-state index in [0.29, 0.717) is 18.1 Å². The van der Waals surface area contributed by atoms with Crippen molar-refractivity contribution in [1.29, 1.82) is 0 Å². The van der Waals surface area contributed by atoms with Gasteiger partial charge in [0.25, 0.3) is 0 Å². The van der Waals surface area contributed by atoms with Crippen LogP contribution in [-0.4, -0.2) is 24.2 Å². The lowest BCUT2D eigenvalue weighted by atomic mass is 9.81. The van der Waals surface area contributed by atoms with E-state index >= 15 is 0 Å². The molecule has 29 heavy (non-hydrogen) atoms. The molecule has 6 heteroatoms. The van der Waals surface area contributed by atoms with Crippen molar-refractivity contribution in [3.05, 3.63) is 72.2 Å². The van der Waals surface area contributed by atoms with Gasteiger partial charge in [0.1, 0.15) is 5.82 Å². The van der Waals surface area contributed by atoms with Crippen molar-refractivity contribution in [2.45, 2.75) is 19.3 Å². The van der Waals surface area contributed by atoms with Gasteiger partial charge in [-0.05, 0) is 74.2 Å². The summed E-state index contributed by atoms with van der Waals surface area (Å²) in [5.41, 5.74) is 2.47. The molecule has 0 radical (unpaired) electrons. The fraction of sp³-hybridized carbons (Fsp3) is 0.304. The van der Waals surface area contributed by atoms with E-state index in [1.807, 2.05) is 36.4 Å². The van der Waals surface area contributed by atoms with Gasteiger partial charge < -0.3 is 15.2 Å². The third-order valence-electron chi connectivity index (χ3n) is 5.43. The third-order valence-corrected chi connectivity index (χ3v) is 5.43. The van der Waals surface area contributed by atoms with Crippen LogP contribution in [0.2, 0.25) is 0 Å². The molecule has 2 heterocycles. The minimum atomic E-state index is -0.279. The van der Waals surface area contributed by atoms with Crippen LogP contribution in [0.4, 0.5) is 10.1 Å². The number of hydrogen-bond acceptors (Lipinski definition) is 4. The van der Waals surface area contributed by atoms with Gasteiger partial charge >= 0.3 is 0 Å². The first kappa shape index (κ1) is 19.3. The quantitative estimate of drug-likeness (QED) is 0.656. The Kier molecular flexibility index (Phi) is 6.00. The molecule has 2 atom stereocenters. The van der Waals surface area contributed by atoms with Gasteiger partial charge in [0.2, 0.25) is 5.91 Å². The highest BCUT2D eigenvalue weighted by molar-refractivity contribution is 5.90. The van der Waals surface area contributed by atoms with Crippen LogP contribution in [-0.2, 0) is 11.2 Å². The first-order valence-electron chi connectivity index (χ1n) is 9.94. The molecule has 1 aliphatic heterocycles. The summed E-state index contributed by atoms with van der Waals surface area (Å²) in [7, 11) is 0. The molecule has 3 aromatic rings. The van der Waals surface area contributed by atoms with E-state index in [2.05, 4.69) is 15.8 Å². The summed E-state index contributed by atoms with van der Waals surface area (Å²) in [6.07, 6.45) is 2.18. The summed E-state index contributed by atoms with van der Waals surface area (Å²) in [5, 5.41) is 10.6. The zero-order valence-electron chi connectivity index (χ0n) is 16.1. The Labute approximate surface area is 169 Å². The fourth-order valence-electron chi connectivity index (χ4n) is 3.88. The lowest BCUT2D eigenvalue weighted by Crippen LogP contribution is -2.39. The van der Waals surface area contributed by atoms with Crippen LogP contribution in [0, 0.1) is 17.7 Å². The second kappa shape index (κ2) is 9.01. The van der Waals surface area contributed by atoms with Gasteiger partial charge in [-0.2, -0.15) is 0 Å². The zero-order valence-corrected chi connectivity index (χ0v) is 16.1. The first-order chi connectivity index (χ1) is 14.2. The maximum atomic E-state index is 13.1. The molecule has 1 aromatic heterocycles. The second-order valence-electron chi connectivity index (χ2n) is 7.52. The molecule has 5 nitrogen and oxygen atoms in total. The molecule has 1 amide bonds. The molecule has 1 saturated heterocycles. The number of piperidine rings is 1.